The Labute approximate surface area is 72.0 Å². The molecule has 1 heterocycles. The van der Waals surface area contributed by atoms with Gasteiger partial charge < -0.3 is 4.74 Å². The lowest BCUT2D eigenvalue weighted by Gasteiger charge is -2.25. The van der Waals surface area contributed by atoms with E-state index in [1.54, 1.807) is 5.01 Å². The summed E-state index contributed by atoms with van der Waals surface area (Å²) in [5.41, 5.74) is 0. The van der Waals surface area contributed by atoms with Crippen LogP contribution in [-0.4, -0.2) is 39.7 Å². The number of ether oxygens (including phenoxy) is 1. The van der Waals surface area contributed by atoms with E-state index >= 15 is 0 Å². The van der Waals surface area contributed by atoms with Gasteiger partial charge in [0.15, 0.2) is 0 Å². The number of nitrogens with zero attached hydrogens (tertiary/aromatic N) is 1. The highest BCUT2D eigenvalue weighted by atomic mass is 32.2. The number of sulfonamides is 1. The molecule has 12 heavy (non-hydrogen) atoms. The van der Waals surface area contributed by atoms with Crippen molar-refractivity contribution < 1.29 is 13.2 Å². The molecule has 0 bridgehead atoms. The third-order valence-corrected chi connectivity index (χ3v) is 2.44. The standard InChI is InChI=1S/C6H12N2O3S/c1-2-12(9,10)7-8-3-5-11-6-4-8/h2,7H,1,3-6H2. The quantitative estimate of drug-likeness (QED) is 0.642. The first-order valence-electron chi connectivity index (χ1n) is 3.61. The van der Waals surface area contributed by atoms with Crippen molar-refractivity contribution in [2.75, 3.05) is 26.3 Å². The van der Waals surface area contributed by atoms with Crippen molar-refractivity contribution in [1.82, 2.24) is 9.84 Å². The second kappa shape index (κ2) is 3.99. The number of nitrogens with one attached hydrogen (secondary N) is 1. The van der Waals surface area contributed by atoms with Crippen molar-refractivity contribution in [3.05, 3.63) is 12.0 Å². The Morgan fingerprint density at radius 1 is 1.42 bits per heavy atom. The van der Waals surface area contributed by atoms with Gasteiger partial charge in [0.1, 0.15) is 0 Å². The van der Waals surface area contributed by atoms with Gasteiger partial charge in [0.25, 0.3) is 0 Å². The van der Waals surface area contributed by atoms with E-state index in [0.29, 0.717) is 26.3 Å². The predicted molar refractivity (Wildman–Crippen MR) is 44.6 cm³/mol. The summed E-state index contributed by atoms with van der Waals surface area (Å²) in [4.78, 5) is 2.35. The van der Waals surface area contributed by atoms with E-state index in [1.165, 1.54) is 0 Å². The Hall–Kier alpha value is -0.430. The number of hydrogen-bond donors (Lipinski definition) is 1. The Kier molecular flexibility index (Phi) is 3.21. The smallest absolute Gasteiger partial charge is 0.246 e. The third kappa shape index (κ3) is 2.90. The summed E-state index contributed by atoms with van der Waals surface area (Å²) in [6.45, 7) is 5.45. The van der Waals surface area contributed by atoms with Gasteiger partial charge in [-0.25, -0.2) is 13.4 Å². The number of hydrazine groups is 1. The van der Waals surface area contributed by atoms with Gasteiger partial charge in [-0.1, -0.05) is 6.58 Å². The van der Waals surface area contributed by atoms with E-state index in [-0.39, 0.29) is 0 Å². The van der Waals surface area contributed by atoms with Crippen molar-refractivity contribution in [1.29, 1.82) is 0 Å². The van der Waals surface area contributed by atoms with E-state index in [2.05, 4.69) is 11.4 Å². The van der Waals surface area contributed by atoms with Crippen molar-refractivity contribution in [3.63, 3.8) is 0 Å². The molecule has 0 radical (unpaired) electrons. The maximum Gasteiger partial charge on any atom is 0.246 e. The summed E-state index contributed by atoms with van der Waals surface area (Å²) >= 11 is 0. The fourth-order valence-electron chi connectivity index (χ4n) is 0.872. The molecule has 1 saturated heterocycles. The van der Waals surface area contributed by atoms with Gasteiger partial charge in [-0.05, 0) is 0 Å². The lowest BCUT2D eigenvalue weighted by atomic mass is 10.5. The Balaban J connectivity index is 2.44. The first kappa shape index (κ1) is 9.66. The van der Waals surface area contributed by atoms with Crippen LogP contribution in [0.5, 0.6) is 0 Å². The van der Waals surface area contributed by atoms with Crippen LogP contribution < -0.4 is 4.83 Å². The molecule has 0 aliphatic carbocycles. The van der Waals surface area contributed by atoms with Gasteiger partial charge >= 0.3 is 0 Å². The molecule has 6 heteroatoms. The van der Waals surface area contributed by atoms with Crippen LogP contribution in [0.2, 0.25) is 0 Å². The Morgan fingerprint density at radius 2 is 2.00 bits per heavy atom. The average Bonchev–Trinajstić information content (AvgIpc) is 2.06. The minimum absolute atomic E-state index is 0.555. The summed E-state index contributed by atoms with van der Waals surface area (Å²) in [5, 5.41) is 2.49. The molecule has 0 unspecified atom stereocenters. The number of hydrogen-bond acceptors (Lipinski definition) is 4. The van der Waals surface area contributed by atoms with E-state index < -0.39 is 10.0 Å². The summed E-state index contributed by atoms with van der Waals surface area (Å²) in [6, 6.07) is 0. The van der Waals surface area contributed by atoms with Crippen LogP contribution in [0.4, 0.5) is 0 Å². The molecule has 0 spiro atoms. The maximum atomic E-state index is 11.0. The van der Waals surface area contributed by atoms with Gasteiger partial charge in [-0.2, -0.15) is 0 Å². The van der Waals surface area contributed by atoms with Gasteiger partial charge in [0, 0.05) is 18.5 Å². The molecule has 1 N–H and O–H groups in total. The van der Waals surface area contributed by atoms with Crippen LogP contribution in [0.3, 0.4) is 0 Å². The lowest BCUT2D eigenvalue weighted by molar-refractivity contribution is 0.0274. The van der Waals surface area contributed by atoms with Crippen molar-refractivity contribution in [3.8, 4) is 0 Å². The van der Waals surface area contributed by atoms with Crippen LogP contribution in [0.25, 0.3) is 0 Å². The monoisotopic (exact) mass is 192 g/mol. The maximum absolute atomic E-state index is 11.0. The zero-order valence-electron chi connectivity index (χ0n) is 6.69. The summed E-state index contributed by atoms with van der Waals surface area (Å²) in [5.74, 6) is 0. The lowest BCUT2D eigenvalue weighted by Crippen LogP contribution is -2.47. The highest BCUT2D eigenvalue weighted by Gasteiger charge is 2.14. The highest BCUT2D eigenvalue weighted by Crippen LogP contribution is 1.95. The van der Waals surface area contributed by atoms with Gasteiger partial charge in [0.2, 0.25) is 10.0 Å². The predicted octanol–water partition coefficient (Wildman–Crippen LogP) is -0.703. The van der Waals surface area contributed by atoms with Gasteiger partial charge in [-0.3, -0.25) is 0 Å². The summed E-state index contributed by atoms with van der Waals surface area (Å²) in [7, 11) is -3.33. The minimum atomic E-state index is -3.33. The van der Waals surface area contributed by atoms with Crippen molar-refractivity contribution in [2.45, 2.75) is 0 Å². The Bertz CT molecular complexity index is 244. The van der Waals surface area contributed by atoms with Crippen LogP contribution >= 0.6 is 0 Å². The van der Waals surface area contributed by atoms with Gasteiger partial charge in [-0.15, -0.1) is 4.83 Å². The largest absolute Gasteiger partial charge is 0.379 e. The fourth-order valence-corrected chi connectivity index (χ4v) is 1.49. The van der Waals surface area contributed by atoms with E-state index in [1.807, 2.05) is 0 Å². The molecule has 0 saturated carbocycles. The summed E-state index contributed by atoms with van der Waals surface area (Å²) in [6.07, 6.45) is 0. The van der Waals surface area contributed by atoms with Gasteiger partial charge in [0.05, 0.1) is 13.2 Å². The highest BCUT2D eigenvalue weighted by molar-refractivity contribution is 7.92. The molecule has 1 aliphatic rings. The van der Waals surface area contributed by atoms with Crippen molar-refractivity contribution >= 4 is 10.0 Å². The normalized spacial score (nSPS) is 20.7. The van der Waals surface area contributed by atoms with E-state index in [4.69, 9.17) is 4.74 Å². The van der Waals surface area contributed by atoms with Crippen LogP contribution in [0.1, 0.15) is 0 Å². The molecular formula is C6H12N2O3S. The van der Waals surface area contributed by atoms with Crippen LogP contribution in [-0.2, 0) is 14.8 Å². The van der Waals surface area contributed by atoms with Crippen LogP contribution in [0, 0.1) is 0 Å². The Morgan fingerprint density at radius 3 is 2.50 bits per heavy atom. The van der Waals surface area contributed by atoms with E-state index in [9.17, 15) is 8.42 Å². The second-order valence-electron chi connectivity index (χ2n) is 2.40. The minimum Gasteiger partial charge on any atom is -0.379 e. The molecule has 1 aliphatic heterocycles. The third-order valence-electron chi connectivity index (χ3n) is 1.49. The molecular weight excluding hydrogens is 180 g/mol. The van der Waals surface area contributed by atoms with E-state index in [0.717, 1.165) is 5.41 Å². The summed E-state index contributed by atoms with van der Waals surface area (Å²) < 4.78 is 27.0. The molecule has 0 aromatic rings. The first-order chi connectivity index (χ1) is 5.64. The molecule has 5 nitrogen and oxygen atoms in total. The first-order valence-corrected chi connectivity index (χ1v) is 5.16. The zero-order valence-corrected chi connectivity index (χ0v) is 7.51. The fraction of sp³-hybridized carbons (Fsp3) is 0.667. The molecule has 0 atom stereocenters. The van der Waals surface area contributed by atoms with Crippen molar-refractivity contribution in [2.24, 2.45) is 0 Å². The zero-order chi connectivity index (χ0) is 9.03. The molecule has 1 rings (SSSR count). The SMILES string of the molecule is C=CS(=O)(=O)NN1CCOCC1. The number of morpholine rings is 1. The molecule has 1 fully saturated rings. The second-order valence-corrected chi connectivity index (χ2v) is 4.01. The van der Waals surface area contributed by atoms with Crippen LogP contribution in [0.15, 0.2) is 12.0 Å². The average molecular weight is 192 g/mol. The molecule has 0 aromatic heterocycles. The molecule has 0 aromatic carbocycles. The molecule has 70 valence electrons. The molecule has 0 amide bonds. The topological polar surface area (TPSA) is 58.6 Å². The number of rotatable bonds is 3.